The molecular formula is C13H20N2O. The van der Waals surface area contributed by atoms with Gasteiger partial charge in [0.2, 0.25) is 5.91 Å². The molecule has 1 aromatic rings. The zero-order chi connectivity index (χ0) is 12.3. The Morgan fingerprint density at radius 1 is 1.31 bits per heavy atom. The van der Waals surface area contributed by atoms with Crippen LogP contribution in [0.1, 0.15) is 40.2 Å². The van der Waals surface area contributed by atoms with E-state index in [1.165, 1.54) is 0 Å². The van der Waals surface area contributed by atoms with E-state index in [4.69, 9.17) is 0 Å². The summed E-state index contributed by atoms with van der Waals surface area (Å²) in [7, 11) is 0. The van der Waals surface area contributed by atoms with Crippen molar-refractivity contribution in [2.45, 2.75) is 40.0 Å². The first kappa shape index (κ1) is 12.7. The van der Waals surface area contributed by atoms with Crippen molar-refractivity contribution in [3.05, 3.63) is 24.0 Å². The van der Waals surface area contributed by atoms with E-state index in [0.717, 1.165) is 11.3 Å². The first-order chi connectivity index (χ1) is 7.30. The lowest BCUT2D eigenvalue weighted by atomic mass is 9.88. The van der Waals surface area contributed by atoms with Gasteiger partial charge in [-0.3, -0.25) is 9.78 Å². The van der Waals surface area contributed by atoms with Crippen LogP contribution < -0.4 is 5.32 Å². The van der Waals surface area contributed by atoms with Gasteiger partial charge in [0.25, 0.3) is 0 Å². The van der Waals surface area contributed by atoms with Crippen molar-refractivity contribution in [3.8, 4) is 0 Å². The van der Waals surface area contributed by atoms with Gasteiger partial charge in [-0.1, -0.05) is 34.6 Å². The van der Waals surface area contributed by atoms with Crippen molar-refractivity contribution < 1.29 is 4.79 Å². The summed E-state index contributed by atoms with van der Waals surface area (Å²) >= 11 is 0. The van der Waals surface area contributed by atoms with Gasteiger partial charge >= 0.3 is 0 Å². The molecule has 0 atom stereocenters. The van der Waals surface area contributed by atoms with Crippen molar-refractivity contribution in [2.24, 2.45) is 5.92 Å². The SMILES string of the molecule is CC(C)C(=O)Nc1cncc(C(C)(C)C)c1. The summed E-state index contributed by atoms with van der Waals surface area (Å²) in [4.78, 5) is 15.7. The molecule has 88 valence electrons. The normalized spacial score (nSPS) is 11.6. The van der Waals surface area contributed by atoms with E-state index in [1.807, 2.05) is 26.1 Å². The lowest BCUT2D eigenvalue weighted by molar-refractivity contribution is -0.118. The van der Waals surface area contributed by atoms with Gasteiger partial charge in [0, 0.05) is 12.1 Å². The summed E-state index contributed by atoms with van der Waals surface area (Å²) in [6.07, 6.45) is 3.51. The topological polar surface area (TPSA) is 42.0 Å². The molecule has 3 heteroatoms. The van der Waals surface area contributed by atoms with Gasteiger partial charge in [0.05, 0.1) is 11.9 Å². The molecule has 1 N–H and O–H groups in total. The van der Waals surface area contributed by atoms with Gasteiger partial charge in [0.15, 0.2) is 0 Å². The average molecular weight is 220 g/mol. The molecule has 1 rings (SSSR count). The van der Waals surface area contributed by atoms with E-state index in [2.05, 4.69) is 31.1 Å². The summed E-state index contributed by atoms with van der Waals surface area (Å²) < 4.78 is 0. The number of aromatic nitrogens is 1. The maximum atomic E-state index is 11.5. The molecular weight excluding hydrogens is 200 g/mol. The molecule has 0 aliphatic carbocycles. The number of pyridine rings is 1. The van der Waals surface area contributed by atoms with E-state index in [-0.39, 0.29) is 17.2 Å². The number of hydrogen-bond donors (Lipinski definition) is 1. The van der Waals surface area contributed by atoms with Gasteiger partial charge in [0.1, 0.15) is 0 Å². The average Bonchev–Trinajstić information content (AvgIpc) is 2.16. The van der Waals surface area contributed by atoms with Gasteiger partial charge < -0.3 is 5.32 Å². The Morgan fingerprint density at radius 3 is 2.44 bits per heavy atom. The zero-order valence-electron chi connectivity index (χ0n) is 10.7. The molecule has 3 nitrogen and oxygen atoms in total. The van der Waals surface area contributed by atoms with E-state index in [9.17, 15) is 4.79 Å². The Hall–Kier alpha value is -1.38. The fourth-order valence-corrected chi connectivity index (χ4v) is 1.21. The predicted octanol–water partition coefficient (Wildman–Crippen LogP) is 2.97. The van der Waals surface area contributed by atoms with E-state index in [0.29, 0.717) is 0 Å². The second kappa shape index (κ2) is 4.64. The first-order valence-corrected chi connectivity index (χ1v) is 5.57. The molecule has 0 aromatic carbocycles. The first-order valence-electron chi connectivity index (χ1n) is 5.57. The van der Waals surface area contributed by atoms with Crippen LogP contribution in [0.15, 0.2) is 18.5 Å². The number of hydrogen-bond acceptors (Lipinski definition) is 2. The van der Waals surface area contributed by atoms with Crippen LogP contribution in [0.3, 0.4) is 0 Å². The number of carbonyl (C=O) groups is 1. The molecule has 0 fully saturated rings. The zero-order valence-corrected chi connectivity index (χ0v) is 10.7. The van der Waals surface area contributed by atoms with E-state index < -0.39 is 0 Å². The third-order valence-electron chi connectivity index (χ3n) is 2.40. The highest BCUT2D eigenvalue weighted by atomic mass is 16.1. The van der Waals surface area contributed by atoms with E-state index in [1.54, 1.807) is 6.20 Å². The molecule has 16 heavy (non-hydrogen) atoms. The van der Waals surface area contributed by atoms with Gasteiger partial charge in [-0.25, -0.2) is 0 Å². The second-order valence-corrected chi connectivity index (χ2v) is 5.36. The molecule has 0 radical (unpaired) electrons. The highest BCUT2D eigenvalue weighted by Gasteiger charge is 2.15. The summed E-state index contributed by atoms with van der Waals surface area (Å²) in [5.74, 6) is 0.00570. The lowest BCUT2D eigenvalue weighted by Crippen LogP contribution is -2.19. The van der Waals surface area contributed by atoms with Crippen LogP contribution in [0.2, 0.25) is 0 Å². The molecule has 1 amide bonds. The minimum atomic E-state index is -0.0155. The van der Waals surface area contributed by atoms with Gasteiger partial charge in [-0.05, 0) is 17.0 Å². The van der Waals surface area contributed by atoms with Crippen molar-refractivity contribution in [1.29, 1.82) is 0 Å². The highest BCUT2D eigenvalue weighted by molar-refractivity contribution is 5.91. The molecule has 0 aliphatic rings. The summed E-state index contributed by atoms with van der Waals surface area (Å²) in [6, 6.07) is 1.98. The van der Waals surface area contributed by atoms with Crippen molar-refractivity contribution >= 4 is 11.6 Å². The molecule has 1 aromatic heterocycles. The Morgan fingerprint density at radius 2 is 1.94 bits per heavy atom. The summed E-state index contributed by atoms with van der Waals surface area (Å²) in [5.41, 5.74) is 1.94. The standard InChI is InChI=1S/C13H20N2O/c1-9(2)12(16)15-11-6-10(7-14-8-11)13(3,4)5/h6-9H,1-5H3,(H,15,16). The Labute approximate surface area is 97.3 Å². The number of rotatable bonds is 2. The van der Waals surface area contributed by atoms with Crippen LogP contribution in [0.5, 0.6) is 0 Å². The second-order valence-electron chi connectivity index (χ2n) is 5.36. The molecule has 1 heterocycles. The molecule has 0 saturated carbocycles. The van der Waals surface area contributed by atoms with Crippen molar-refractivity contribution in [1.82, 2.24) is 4.98 Å². The number of carbonyl (C=O) groups excluding carboxylic acids is 1. The van der Waals surface area contributed by atoms with Gasteiger partial charge in [-0.2, -0.15) is 0 Å². The van der Waals surface area contributed by atoms with Crippen molar-refractivity contribution in [2.75, 3.05) is 5.32 Å². The monoisotopic (exact) mass is 220 g/mol. The molecule has 0 aliphatic heterocycles. The van der Waals surface area contributed by atoms with Crippen LogP contribution in [0.4, 0.5) is 5.69 Å². The fourth-order valence-electron chi connectivity index (χ4n) is 1.21. The van der Waals surface area contributed by atoms with Crippen LogP contribution in [0, 0.1) is 5.92 Å². The number of nitrogens with one attached hydrogen (secondary N) is 1. The summed E-state index contributed by atoms with van der Waals surface area (Å²) in [6.45, 7) is 10.1. The molecule has 0 bridgehead atoms. The third-order valence-corrected chi connectivity index (χ3v) is 2.40. The fraction of sp³-hybridized carbons (Fsp3) is 0.538. The van der Waals surface area contributed by atoms with Crippen LogP contribution >= 0.6 is 0 Å². The number of amides is 1. The van der Waals surface area contributed by atoms with Crippen LogP contribution in [0.25, 0.3) is 0 Å². The maximum Gasteiger partial charge on any atom is 0.226 e. The van der Waals surface area contributed by atoms with Crippen LogP contribution in [-0.2, 0) is 10.2 Å². The minimum absolute atomic E-state index is 0.0155. The minimum Gasteiger partial charge on any atom is -0.324 e. The highest BCUT2D eigenvalue weighted by Crippen LogP contribution is 2.23. The Balaban J connectivity index is 2.88. The lowest BCUT2D eigenvalue weighted by Gasteiger charge is -2.19. The number of nitrogens with zero attached hydrogens (tertiary/aromatic N) is 1. The third kappa shape index (κ3) is 3.33. The Bertz CT molecular complexity index is 378. The largest absolute Gasteiger partial charge is 0.324 e. The molecule has 0 unspecified atom stereocenters. The molecule has 0 saturated heterocycles. The Kier molecular flexibility index (Phi) is 3.68. The van der Waals surface area contributed by atoms with Crippen molar-refractivity contribution in [3.63, 3.8) is 0 Å². The number of anilines is 1. The quantitative estimate of drug-likeness (QED) is 0.832. The van der Waals surface area contributed by atoms with Crippen LogP contribution in [-0.4, -0.2) is 10.9 Å². The van der Waals surface area contributed by atoms with E-state index >= 15 is 0 Å². The summed E-state index contributed by atoms with van der Waals surface area (Å²) in [5, 5.41) is 2.85. The molecule has 0 spiro atoms. The smallest absolute Gasteiger partial charge is 0.226 e. The van der Waals surface area contributed by atoms with Gasteiger partial charge in [-0.15, -0.1) is 0 Å². The maximum absolute atomic E-state index is 11.5. The predicted molar refractivity (Wildman–Crippen MR) is 66.4 cm³/mol.